The highest BCUT2D eigenvalue weighted by Gasteiger charge is 2.51. The molecule has 4 bridgehead atoms. The van der Waals surface area contributed by atoms with Gasteiger partial charge in [0.1, 0.15) is 6.04 Å². The molecule has 0 amide bonds. The molecule has 0 aliphatic carbocycles. The minimum absolute atomic E-state index is 0.0150. The van der Waals surface area contributed by atoms with E-state index in [0.29, 0.717) is 11.8 Å². The van der Waals surface area contributed by atoms with Gasteiger partial charge in [0, 0.05) is 38.0 Å². The van der Waals surface area contributed by atoms with E-state index in [2.05, 4.69) is 10.9 Å². The third-order valence-electron chi connectivity index (χ3n) is 4.49. The Balaban J connectivity index is 1.38. The molecular formula is C11H18N4O2. The Bertz CT molecular complexity index is 322. The fourth-order valence-corrected chi connectivity index (χ4v) is 3.40. The molecule has 6 nitrogen and oxygen atoms in total. The van der Waals surface area contributed by atoms with Crippen molar-refractivity contribution in [3.63, 3.8) is 0 Å². The lowest BCUT2D eigenvalue weighted by atomic mass is 9.85. The summed E-state index contributed by atoms with van der Waals surface area (Å²) in [5, 5.41) is 4.07. The molecular weight excluding hydrogens is 220 g/mol. The summed E-state index contributed by atoms with van der Waals surface area (Å²) in [6.45, 7) is 4.02. The number of hydrogen-bond donors (Lipinski definition) is 2. The Kier molecular flexibility index (Phi) is 2.20. The van der Waals surface area contributed by atoms with Crippen molar-refractivity contribution >= 4 is 5.97 Å². The first-order valence-electron chi connectivity index (χ1n) is 6.54. The van der Waals surface area contributed by atoms with Gasteiger partial charge in [0.25, 0.3) is 0 Å². The molecule has 4 fully saturated rings. The molecule has 0 aromatic rings. The van der Waals surface area contributed by atoms with Crippen LogP contribution in [0.3, 0.4) is 0 Å². The van der Waals surface area contributed by atoms with Crippen molar-refractivity contribution in [1.29, 1.82) is 0 Å². The van der Waals surface area contributed by atoms with Crippen LogP contribution in [0.5, 0.6) is 0 Å². The van der Waals surface area contributed by atoms with E-state index < -0.39 is 0 Å². The molecule has 0 saturated carbocycles. The number of carbonyl (C=O) groups excluding carboxylic acids is 1. The second kappa shape index (κ2) is 3.65. The average molecular weight is 238 g/mol. The molecule has 6 unspecified atom stereocenters. The van der Waals surface area contributed by atoms with E-state index in [1.54, 1.807) is 0 Å². The summed E-state index contributed by atoms with van der Waals surface area (Å²) in [6.07, 6.45) is 2.19. The largest absolute Gasteiger partial charge is 0.443 e. The van der Waals surface area contributed by atoms with Crippen LogP contribution in [0.25, 0.3) is 0 Å². The van der Waals surface area contributed by atoms with Crippen LogP contribution >= 0.6 is 0 Å². The lowest BCUT2D eigenvalue weighted by molar-refractivity contribution is -0.229. The molecule has 94 valence electrons. The number of hydrogen-bond acceptors (Lipinski definition) is 6. The number of esters is 1. The van der Waals surface area contributed by atoms with E-state index in [4.69, 9.17) is 4.74 Å². The van der Waals surface area contributed by atoms with Crippen molar-refractivity contribution in [2.75, 3.05) is 26.2 Å². The summed E-state index contributed by atoms with van der Waals surface area (Å²) >= 11 is 0. The molecule has 0 spiro atoms. The number of ether oxygens (including phenoxy) is 1. The van der Waals surface area contributed by atoms with Gasteiger partial charge in [-0.05, 0) is 12.8 Å². The van der Waals surface area contributed by atoms with Crippen molar-refractivity contribution in [3.8, 4) is 0 Å². The first-order chi connectivity index (χ1) is 8.33. The molecule has 4 saturated heterocycles. The summed E-state index contributed by atoms with van der Waals surface area (Å²) in [4.78, 5) is 12.1. The molecule has 0 radical (unpaired) electrons. The highest BCUT2D eigenvalue weighted by molar-refractivity contribution is 5.77. The molecule has 17 heavy (non-hydrogen) atoms. The van der Waals surface area contributed by atoms with Crippen molar-refractivity contribution in [1.82, 2.24) is 20.9 Å². The summed E-state index contributed by atoms with van der Waals surface area (Å²) < 4.78 is 5.64. The smallest absolute Gasteiger partial charge is 0.326 e. The van der Waals surface area contributed by atoms with Crippen LogP contribution < -0.4 is 10.9 Å². The summed E-state index contributed by atoms with van der Waals surface area (Å²) in [5.74, 6) is 1.01. The van der Waals surface area contributed by atoms with Crippen molar-refractivity contribution < 1.29 is 9.53 Å². The van der Waals surface area contributed by atoms with E-state index >= 15 is 0 Å². The van der Waals surface area contributed by atoms with Gasteiger partial charge in [0.05, 0.1) is 0 Å². The van der Waals surface area contributed by atoms with Gasteiger partial charge in [-0.15, -0.1) is 0 Å². The molecule has 4 rings (SSSR count). The normalized spacial score (nSPS) is 51.1. The standard InChI is InChI=1S/C11H18N4O2/c16-11(9-7-1-3-12-14(9)5-7)17-10-8-2-4-13-15(10)6-8/h7-10,12-13H,1-6H2. The summed E-state index contributed by atoms with van der Waals surface area (Å²) in [6, 6.07) is -0.0359. The molecule has 6 heteroatoms. The molecule has 4 aliphatic rings. The van der Waals surface area contributed by atoms with Gasteiger partial charge in [-0.1, -0.05) is 0 Å². The maximum atomic E-state index is 12.1. The Morgan fingerprint density at radius 2 is 1.76 bits per heavy atom. The number of hydrazine groups is 2. The van der Waals surface area contributed by atoms with Crippen molar-refractivity contribution in [3.05, 3.63) is 0 Å². The number of carbonyl (C=O) groups is 1. The SMILES string of the molecule is O=C(OC1C2CCNN1C2)C1C2CCNN1C2. The second-order valence-electron chi connectivity index (χ2n) is 5.49. The highest BCUT2D eigenvalue weighted by atomic mass is 16.6. The van der Waals surface area contributed by atoms with Crippen LogP contribution in [0.2, 0.25) is 0 Å². The van der Waals surface area contributed by atoms with Crippen LogP contribution in [0.15, 0.2) is 0 Å². The van der Waals surface area contributed by atoms with Gasteiger partial charge in [0.15, 0.2) is 6.23 Å². The quantitative estimate of drug-likeness (QED) is 0.596. The van der Waals surface area contributed by atoms with Gasteiger partial charge in [-0.3, -0.25) is 15.6 Å². The number of nitrogens with one attached hydrogen (secondary N) is 2. The van der Waals surface area contributed by atoms with Crippen molar-refractivity contribution in [2.45, 2.75) is 25.1 Å². The van der Waals surface area contributed by atoms with Crippen LogP contribution in [0.1, 0.15) is 12.8 Å². The average Bonchev–Trinajstić information content (AvgIpc) is 2.37. The van der Waals surface area contributed by atoms with E-state index in [1.807, 2.05) is 10.0 Å². The fourth-order valence-electron chi connectivity index (χ4n) is 3.40. The van der Waals surface area contributed by atoms with E-state index in [1.165, 1.54) is 0 Å². The minimum Gasteiger partial charge on any atom is -0.443 e. The monoisotopic (exact) mass is 238 g/mol. The van der Waals surface area contributed by atoms with Crippen LogP contribution in [0.4, 0.5) is 0 Å². The Labute approximate surface area is 100 Å². The summed E-state index contributed by atoms with van der Waals surface area (Å²) in [7, 11) is 0. The number of rotatable bonds is 2. The maximum Gasteiger partial charge on any atom is 0.326 e. The molecule has 4 heterocycles. The van der Waals surface area contributed by atoms with Crippen LogP contribution in [0, 0.1) is 11.8 Å². The fraction of sp³-hybridized carbons (Fsp3) is 0.909. The van der Waals surface area contributed by atoms with Gasteiger partial charge >= 0.3 is 5.97 Å². The molecule has 0 aromatic carbocycles. The Morgan fingerprint density at radius 1 is 1.06 bits per heavy atom. The van der Waals surface area contributed by atoms with E-state index in [9.17, 15) is 4.79 Å². The molecule has 6 atom stereocenters. The summed E-state index contributed by atoms with van der Waals surface area (Å²) in [5.41, 5.74) is 6.50. The topological polar surface area (TPSA) is 56.8 Å². The number of fused-ring (bicyclic) bond motifs is 4. The second-order valence-corrected chi connectivity index (χ2v) is 5.49. The van der Waals surface area contributed by atoms with Crippen LogP contribution in [-0.4, -0.2) is 54.4 Å². The minimum atomic E-state index is -0.0446. The maximum absolute atomic E-state index is 12.1. The Morgan fingerprint density at radius 3 is 2.29 bits per heavy atom. The lowest BCUT2D eigenvalue weighted by Crippen LogP contribution is -2.72. The number of nitrogens with zero attached hydrogens (tertiary/aromatic N) is 2. The molecule has 4 aliphatic heterocycles. The van der Waals surface area contributed by atoms with E-state index in [0.717, 1.165) is 39.0 Å². The zero-order valence-electron chi connectivity index (χ0n) is 9.76. The highest BCUT2D eigenvalue weighted by Crippen LogP contribution is 2.34. The van der Waals surface area contributed by atoms with Gasteiger partial charge < -0.3 is 4.74 Å². The lowest BCUT2D eigenvalue weighted by Gasteiger charge is -2.54. The van der Waals surface area contributed by atoms with Gasteiger partial charge in [-0.25, -0.2) is 10.0 Å². The first kappa shape index (κ1) is 10.3. The van der Waals surface area contributed by atoms with Crippen molar-refractivity contribution in [2.24, 2.45) is 11.8 Å². The molecule has 2 N–H and O–H groups in total. The molecule has 0 aromatic heterocycles. The zero-order valence-corrected chi connectivity index (χ0v) is 9.76. The zero-order chi connectivity index (χ0) is 11.4. The van der Waals surface area contributed by atoms with Gasteiger partial charge in [-0.2, -0.15) is 0 Å². The third-order valence-corrected chi connectivity index (χ3v) is 4.49. The van der Waals surface area contributed by atoms with Crippen LogP contribution in [-0.2, 0) is 9.53 Å². The predicted molar refractivity (Wildman–Crippen MR) is 59.3 cm³/mol. The predicted octanol–water partition coefficient (Wildman–Crippen LogP) is -1.10. The van der Waals surface area contributed by atoms with Gasteiger partial charge in [0.2, 0.25) is 0 Å². The van der Waals surface area contributed by atoms with E-state index in [-0.39, 0.29) is 18.2 Å². The first-order valence-corrected chi connectivity index (χ1v) is 6.54. The Hall–Kier alpha value is -0.690. The third kappa shape index (κ3) is 1.45.